The number of nitriles is 2. The van der Waals surface area contributed by atoms with Crippen LogP contribution in [0.2, 0.25) is 0 Å². The molecule has 0 bridgehead atoms. The summed E-state index contributed by atoms with van der Waals surface area (Å²) in [6.45, 7) is 0. The second-order valence-electron chi connectivity index (χ2n) is 7.73. The molecule has 6 rings (SSSR count). The molecule has 32 heavy (non-hydrogen) atoms. The number of pyridine rings is 2. The van der Waals surface area contributed by atoms with Crippen molar-refractivity contribution < 1.29 is 0 Å². The van der Waals surface area contributed by atoms with Gasteiger partial charge in [0, 0.05) is 23.5 Å². The predicted molar refractivity (Wildman–Crippen MR) is 126 cm³/mol. The summed E-state index contributed by atoms with van der Waals surface area (Å²) in [6.07, 6.45) is 3.36. The Kier molecular flexibility index (Phi) is 3.87. The summed E-state index contributed by atoms with van der Waals surface area (Å²) >= 11 is 0. The zero-order valence-corrected chi connectivity index (χ0v) is 16.9. The molecule has 0 amide bonds. The van der Waals surface area contributed by atoms with Crippen molar-refractivity contribution in [1.82, 2.24) is 9.97 Å². The van der Waals surface area contributed by atoms with Crippen molar-refractivity contribution in [1.29, 1.82) is 10.5 Å². The third kappa shape index (κ3) is 2.61. The third-order valence-electron chi connectivity index (χ3n) is 5.99. The predicted octanol–water partition coefficient (Wildman–Crippen LogP) is 6.45. The van der Waals surface area contributed by atoms with Crippen molar-refractivity contribution in [2.45, 2.75) is 0 Å². The summed E-state index contributed by atoms with van der Waals surface area (Å²) in [5.74, 6) is 0. The number of benzene rings is 4. The van der Waals surface area contributed by atoms with Crippen LogP contribution in [-0.2, 0) is 0 Å². The maximum atomic E-state index is 9.32. The van der Waals surface area contributed by atoms with Crippen LogP contribution in [0.3, 0.4) is 0 Å². The second-order valence-corrected chi connectivity index (χ2v) is 7.73. The van der Waals surface area contributed by atoms with Crippen LogP contribution in [0.4, 0.5) is 0 Å². The fourth-order valence-corrected chi connectivity index (χ4v) is 4.54. The highest BCUT2D eigenvalue weighted by atomic mass is 14.7. The zero-order chi connectivity index (χ0) is 21.7. The number of hydrogen-bond acceptors (Lipinski definition) is 4. The molecule has 0 unspecified atom stereocenters. The fourth-order valence-electron chi connectivity index (χ4n) is 4.54. The van der Waals surface area contributed by atoms with Crippen LogP contribution in [-0.4, -0.2) is 9.97 Å². The van der Waals surface area contributed by atoms with Crippen LogP contribution in [0.5, 0.6) is 0 Å². The Hall–Kier alpha value is -4.80. The van der Waals surface area contributed by atoms with Gasteiger partial charge in [0.1, 0.15) is 0 Å². The molecule has 0 saturated carbocycles. The average molecular weight is 406 g/mol. The molecule has 0 aliphatic heterocycles. The number of hydrogen-bond donors (Lipinski definition) is 0. The van der Waals surface area contributed by atoms with Crippen molar-refractivity contribution in [3.63, 3.8) is 0 Å². The minimum absolute atomic E-state index is 0.589. The van der Waals surface area contributed by atoms with E-state index in [0.717, 1.165) is 44.1 Å². The molecule has 2 heterocycles. The van der Waals surface area contributed by atoms with E-state index in [-0.39, 0.29) is 0 Å². The van der Waals surface area contributed by atoms with Gasteiger partial charge < -0.3 is 0 Å². The van der Waals surface area contributed by atoms with Crippen molar-refractivity contribution >= 4 is 32.3 Å². The van der Waals surface area contributed by atoms with E-state index in [1.165, 1.54) is 10.8 Å². The first kappa shape index (κ1) is 18.0. The van der Waals surface area contributed by atoms with Gasteiger partial charge in [0.15, 0.2) is 0 Å². The lowest BCUT2D eigenvalue weighted by Gasteiger charge is -2.16. The monoisotopic (exact) mass is 406 g/mol. The van der Waals surface area contributed by atoms with E-state index in [4.69, 9.17) is 0 Å². The van der Waals surface area contributed by atoms with E-state index in [2.05, 4.69) is 70.6 Å². The summed E-state index contributed by atoms with van der Waals surface area (Å²) in [5.41, 5.74) is 4.74. The second kappa shape index (κ2) is 6.87. The molecule has 4 nitrogen and oxygen atoms in total. The molecule has 0 N–H and O–H groups in total. The molecule has 0 fully saturated rings. The van der Waals surface area contributed by atoms with Gasteiger partial charge in [-0.15, -0.1) is 0 Å². The molecule has 0 aliphatic rings. The Labute approximate surface area is 184 Å². The molecule has 0 aliphatic carbocycles. The Morgan fingerprint density at radius 1 is 0.531 bits per heavy atom. The Morgan fingerprint density at radius 3 is 1.41 bits per heavy atom. The molecule has 4 aromatic carbocycles. The summed E-state index contributed by atoms with van der Waals surface area (Å²) in [6, 6.07) is 28.4. The Morgan fingerprint density at radius 2 is 0.969 bits per heavy atom. The van der Waals surface area contributed by atoms with E-state index in [1.54, 1.807) is 24.5 Å². The molecule has 6 aromatic rings. The van der Waals surface area contributed by atoms with Crippen LogP contribution in [0.25, 0.3) is 54.8 Å². The van der Waals surface area contributed by atoms with Crippen LogP contribution in [0, 0.1) is 22.7 Å². The van der Waals surface area contributed by atoms with Crippen molar-refractivity contribution in [2.75, 3.05) is 0 Å². The van der Waals surface area contributed by atoms with E-state index >= 15 is 0 Å². The molecular weight excluding hydrogens is 392 g/mol. The minimum Gasteiger partial charge on any atom is -0.256 e. The maximum absolute atomic E-state index is 9.32. The van der Waals surface area contributed by atoms with Crippen LogP contribution in [0.1, 0.15) is 11.1 Å². The van der Waals surface area contributed by atoms with Gasteiger partial charge in [0.25, 0.3) is 0 Å². The highest BCUT2D eigenvalue weighted by Crippen LogP contribution is 2.41. The number of aromatic nitrogens is 2. The summed E-state index contributed by atoms with van der Waals surface area (Å²) in [7, 11) is 0. The smallest absolute Gasteiger partial charge is 0.0992 e. The van der Waals surface area contributed by atoms with Crippen LogP contribution in [0.15, 0.2) is 85.2 Å². The van der Waals surface area contributed by atoms with Gasteiger partial charge in [-0.3, -0.25) is 9.97 Å². The molecule has 2 aromatic heterocycles. The van der Waals surface area contributed by atoms with Gasteiger partial charge in [-0.2, -0.15) is 10.5 Å². The van der Waals surface area contributed by atoms with Gasteiger partial charge in [-0.25, -0.2) is 0 Å². The quantitative estimate of drug-likeness (QED) is 0.310. The lowest BCUT2D eigenvalue weighted by atomic mass is 9.88. The lowest BCUT2D eigenvalue weighted by molar-refractivity contribution is 1.31. The van der Waals surface area contributed by atoms with Gasteiger partial charge in [0.2, 0.25) is 0 Å². The lowest BCUT2D eigenvalue weighted by Crippen LogP contribution is -1.92. The SMILES string of the molecule is N#Cc1ccnc(-c2ccc3ccc4c(-c5cc(C#N)ccn5)ccc5ccc2c3c54)c1. The van der Waals surface area contributed by atoms with E-state index < -0.39 is 0 Å². The molecule has 0 saturated heterocycles. The number of nitrogens with zero attached hydrogens (tertiary/aromatic N) is 4. The summed E-state index contributed by atoms with van der Waals surface area (Å²) in [4.78, 5) is 9.06. The normalized spacial score (nSPS) is 11.1. The topological polar surface area (TPSA) is 73.4 Å². The standard InChI is InChI=1S/C28H14N4/c29-15-17-9-11-31-25(13-17)21-5-1-19-3-7-24-22(26-14-18(16-30)10-12-32-26)6-2-20-4-8-23(21)27(19)28(20)24/h1-14H. The Bertz CT molecular complexity index is 1620. The van der Waals surface area contributed by atoms with Gasteiger partial charge >= 0.3 is 0 Å². The van der Waals surface area contributed by atoms with Crippen molar-refractivity contribution in [2.24, 2.45) is 0 Å². The van der Waals surface area contributed by atoms with Gasteiger partial charge in [-0.1, -0.05) is 48.5 Å². The van der Waals surface area contributed by atoms with Gasteiger partial charge in [0.05, 0.1) is 34.7 Å². The van der Waals surface area contributed by atoms with Crippen molar-refractivity contribution in [3.05, 3.63) is 96.3 Å². The first-order valence-corrected chi connectivity index (χ1v) is 10.2. The molecule has 146 valence electrons. The minimum atomic E-state index is 0.589. The highest BCUT2D eigenvalue weighted by Gasteiger charge is 2.15. The average Bonchev–Trinajstić information content (AvgIpc) is 2.87. The fraction of sp³-hybridized carbons (Fsp3) is 0. The van der Waals surface area contributed by atoms with E-state index in [1.807, 2.05) is 12.1 Å². The van der Waals surface area contributed by atoms with Crippen LogP contribution < -0.4 is 0 Å². The molecule has 0 atom stereocenters. The summed E-state index contributed by atoms with van der Waals surface area (Å²) < 4.78 is 0. The molecule has 0 radical (unpaired) electrons. The van der Waals surface area contributed by atoms with Crippen molar-refractivity contribution in [3.8, 4) is 34.7 Å². The maximum Gasteiger partial charge on any atom is 0.0992 e. The first-order chi connectivity index (χ1) is 15.8. The first-order valence-electron chi connectivity index (χ1n) is 10.2. The molecule has 4 heteroatoms. The zero-order valence-electron chi connectivity index (χ0n) is 16.9. The molecule has 0 spiro atoms. The molecular formula is C28H14N4. The number of rotatable bonds is 2. The van der Waals surface area contributed by atoms with Gasteiger partial charge in [-0.05, 0) is 56.6 Å². The van der Waals surface area contributed by atoms with Crippen LogP contribution >= 0.6 is 0 Å². The third-order valence-corrected chi connectivity index (χ3v) is 5.99. The van der Waals surface area contributed by atoms with E-state index in [0.29, 0.717) is 11.1 Å². The highest BCUT2D eigenvalue weighted by molar-refractivity contribution is 6.27. The van der Waals surface area contributed by atoms with E-state index in [9.17, 15) is 10.5 Å². The Balaban J connectivity index is 1.70. The summed E-state index contributed by atoms with van der Waals surface area (Å²) in [5, 5.41) is 25.5. The largest absolute Gasteiger partial charge is 0.256 e.